The van der Waals surface area contributed by atoms with Gasteiger partial charge in [-0.15, -0.1) is 0 Å². The first-order valence-electron chi connectivity index (χ1n) is 8.82. The second-order valence-electron chi connectivity index (χ2n) is 6.21. The van der Waals surface area contributed by atoms with Gasteiger partial charge in [0.2, 0.25) is 0 Å². The molecular weight excluding hydrogens is 338 g/mol. The normalized spacial score (nSPS) is 10.3. The van der Waals surface area contributed by atoms with E-state index < -0.39 is 0 Å². The Kier molecular flexibility index (Phi) is 6.05. The van der Waals surface area contributed by atoms with Crippen LogP contribution in [-0.2, 0) is 13.1 Å². The Morgan fingerprint density at radius 3 is 2.41 bits per heavy atom. The number of methoxy groups -OCH3 is 1. The third-order valence-electron chi connectivity index (χ3n) is 4.37. The number of ether oxygens (including phenoxy) is 1. The van der Waals surface area contributed by atoms with Gasteiger partial charge in [-0.25, -0.2) is 4.98 Å². The minimum atomic E-state index is -0.216. The molecular formula is C22H23N3O2. The van der Waals surface area contributed by atoms with E-state index in [4.69, 9.17) is 4.74 Å². The van der Waals surface area contributed by atoms with Gasteiger partial charge in [-0.1, -0.05) is 42.5 Å². The standard InChI is InChI=1S/C22H23N3O2/c1-16-7-3-4-8-17(16)13-23-19-11-12-20(24-15-19)22(26)25-14-18-9-5-6-10-21(18)27-2/h3-12,15,23H,13-14H2,1-2H3,(H,25,26). The van der Waals surface area contributed by atoms with Crippen molar-refractivity contribution >= 4 is 11.6 Å². The molecule has 2 aromatic carbocycles. The topological polar surface area (TPSA) is 63.2 Å². The van der Waals surface area contributed by atoms with Crippen LogP contribution in [0.25, 0.3) is 0 Å². The highest BCUT2D eigenvalue weighted by molar-refractivity contribution is 5.92. The number of hydrogen-bond acceptors (Lipinski definition) is 4. The minimum Gasteiger partial charge on any atom is -0.496 e. The van der Waals surface area contributed by atoms with Gasteiger partial charge in [0.25, 0.3) is 5.91 Å². The van der Waals surface area contributed by atoms with Crippen molar-refractivity contribution in [3.05, 3.63) is 89.2 Å². The number of anilines is 1. The van der Waals surface area contributed by atoms with E-state index in [9.17, 15) is 4.79 Å². The second kappa shape index (κ2) is 8.85. The van der Waals surface area contributed by atoms with E-state index in [1.165, 1.54) is 11.1 Å². The minimum absolute atomic E-state index is 0.216. The van der Waals surface area contributed by atoms with Crippen molar-refractivity contribution in [1.29, 1.82) is 0 Å². The molecule has 0 fully saturated rings. The second-order valence-corrected chi connectivity index (χ2v) is 6.21. The molecule has 138 valence electrons. The number of carbonyl (C=O) groups is 1. The number of carbonyl (C=O) groups excluding carboxylic acids is 1. The number of aryl methyl sites for hydroxylation is 1. The molecule has 3 rings (SSSR count). The SMILES string of the molecule is COc1ccccc1CNC(=O)c1ccc(NCc2ccccc2C)cn1. The third-order valence-corrected chi connectivity index (χ3v) is 4.37. The molecule has 0 aliphatic heterocycles. The van der Waals surface area contributed by atoms with Crippen LogP contribution in [0.5, 0.6) is 5.75 Å². The summed E-state index contributed by atoms with van der Waals surface area (Å²) < 4.78 is 5.30. The van der Waals surface area contributed by atoms with Gasteiger partial charge in [0.15, 0.2) is 0 Å². The smallest absolute Gasteiger partial charge is 0.270 e. The van der Waals surface area contributed by atoms with E-state index in [1.807, 2.05) is 42.5 Å². The summed E-state index contributed by atoms with van der Waals surface area (Å²) in [5.74, 6) is 0.535. The van der Waals surface area contributed by atoms with Crippen molar-refractivity contribution in [3.63, 3.8) is 0 Å². The maximum Gasteiger partial charge on any atom is 0.270 e. The van der Waals surface area contributed by atoms with Crippen LogP contribution in [0.1, 0.15) is 27.2 Å². The zero-order chi connectivity index (χ0) is 19.1. The molecule has 0 saturated carbocycles. The summed E-state index contributed by atoms with van der Waals surface area (Å²) in [5, 5.41) is 6.20. The molecule has 0 bridgehead atoms. The van der Waals surface area contributed by atoms with Gasteiger partial charge in [0, 0.05) is 18.7 Å². The molecule has 0 saturated heterocycles. The van der Waals surface area contributed by atoms with Gasteiger partial charge in [0.05, 0.1) is 19.0 Å². The maximum absolute atomic E-state index is 12.3. The average molecular weight is 361 g/mol. The van der Waals surface area contributed by atoms with Crippen molar-refractivity contribution in [2.45, 2.75) is 20.0 Å². The van der Waals surface area contributed by atoms with Crippen LogP contribution in [-0.4, -0.2) is 18.0 Å². The average Bonchev–Trinajstić information content (AvgIpc) is 2.72. The third kappa shape index (κ3) is 4.85. The Morgan fingerprint density at radius 1 is 0.963 bits per heavy atom. The molecule has 0 radical (unpaired) electrons. The predicted molar refractivity (Wildman–Crippen MR) is 107 cm³/mol. The number of pyridine rings is 1. The van der Waals surface area contributed by atoms with E-state index in [0.29, 0.717) is 18.8 Å². The van der Waals surface area contributed by atoms with Gasteiger partial charge < -0.3 is 15.4 Å². The maximum atomic E-state index is 12.3. The Bertz CT molecular complexity index is 907. The number of aromatic nitrogens is 1. The van der Waals surface area contributed by atoms with Crippen LogP contribution in [0, 0.1) is 6.92 Å². The lowest BCUT2D eigenvalue weighted by atomic mass is 10.1. The van der Waals surface area contributed by atoms with Crippen molar-refractivity contribution in [2.24, 2.45) is 0 Å². The first-order chi connectivity index (χ1) is 13.2. The number of nitrogens with one attached hydrogen (secondary N) is 2. The number of rotatable bonds is 7. The summed E-state index contributed by atoms with van der Waals surface area (Å²) in [6.45, 7) is 3.19. The fraction of sp³-hybridized carbons (Fsp3) is 0.182. The fourth-order valence-corrected chi connectivity index (χ4v) is 2.75. The lowest BCUT2D eigenvalue weighted by Crippen LogP contribution is -2.24. The van der Waals surface area contributed by atoms with Gasteiger partial charge in [-0.05, 0) is 36.2 Å². The zero-order valence-corrected chi connectivity index (χ0v) is 15.5. The Balaban J connectivity index is 1.56. The predicted octanol–water partition coefficient (Wildman–Crippen LogP) is 3.94. The van der Waals surface area contributed by atoms with E-state index in [1.54, 1.807) is 19.4 Å². The van der Waals surface area contributed by atoms with E-state index in [2.05, 4.69) is 34.7 Å². The molecule has 1 amide bonds. The summed E-state index contributed by atoms with van der Waals surface area (Å²) in [6, 6.07) is 19.4. The highest BCUT2D eigenvalue weighted by Gasteiger charge is 2.09. The van der Waals surface area contributed by atoms with E-state index in [0.717, 1.165) is 17.0 Å². The van der Waals surface area contributed by atoms with Crippen molar-refractivity contribution in [1.82, 2.24) is 10.3 Å². The van der Waals surface area contributed by atoms with Crippen LogP contribution >= 0.6 is 0 Å². The van der Waals surface area contributed by atoms with E-state index >= 15 is 0 Å². The molecule has 5 nitrogen and oxygen atoms in total. The largest absolute Gasteiger partial charge is 0.496 e. The lowest BCUT2D eigenvalue weighted by molar-refractivity contribution is 0.0945. The summed E-state index contributed by atoms with van der Waals surface area (Å²) in [6.07, 6.45) is 1.68. The van der Waals surface area contributed by atoms with Crippen molar-refractivity contribution in [3.8, 4) is 5.75 Å². The number of amides is 1. The molecule has 0 spiro atoms. The van der Waals surface area contributed by atoms with Crippen molar-refractivity contribution in [2.75, 3.05) is 12.4 Å². The first-order valence-corrected chi connectivity index (χ1v) is 8.82. The highest BCUT2D eigenvalue weighted by Crippen LogP contribution is 2.17. The van der Waals surface area contributed by atoms with Crippen LogP contribution in [0.4, 0.5) is 5.69 Å². The molecule has 5 heteroatoms. The van der Waals surface area contributed by atoms with Gasteiger partial charge in [-0.2, -0.15) is 0 Å². The molecule has 2 N–H and O–H groups in total. The molecule has 0 aliphatic carbocycles. The molecule has 0 unspecified atom stereocenters. The highest BCUT2D eigenvalue weighted by atomic mass is 16.5. The van der Waals surface area contributed by atoms with Gasteiger partial charge >= 0.3 is 0 Å². The molecule has 0 aliphatic rings. The first kappa shape index (κ1) is 18.5. The molecule has 27 heavy (non-hydrogen) atoms. The monoisotopic (exact) mass is 361 g/mol. The fourth-order valence-electron chi connectivity index (χ4n) is 2.75. The summed E-state index contributed by atoms with van der Waals surface area (Å²) in [5.41, 5.74) is 4.65. The number of para-hydroxylation sites is 1. The Labute approximate surface area is 159 Å². The zero-order valence-electron chi connectivity index (χ0n) is 15.5. The van der Waals surface area contributed by atoms with Crippen molar-refractivity contribution < 1.29 is 9.53 Å². The molecule has 1 aromatic heterocycles. The Hall–Kier alpha value is -3.34. The van der Waals surface area contributed by atoms with Crippen LogP contribution in [0.15, 0.2) is 66.9 Å². The number of hydrogen-bond donors (Lipinski definition) is 2. The number of nitrogens with zero attached hydrogens (tertiary/aromatic N) is 1. The summed E-state index contributed by atoms with van der Waals surface area (Å²) in [4.78, 5) is 16.6. The molecule has 3 aromatic rings. The lowest BCUT2D eigenvalue weighted by Gasteiger charge is -2.10. The van der Waals surface area contributed by atoms with E-state index in [-0.39, 0.29) is 5.91 Å². The van der Waals surface area contributed by atoms with Crippen LogP contribution in [0.2, 0.25) is 0 Å². The van der Waals surface area contributed by atoms with Gasteiger partial charge in [-0.3, -0.25) is 4.79 Å². The molecule has 1 heterocycles. The van der Waals surface area contributed by atoms with Crippen LogP contribution < -0.4 is 15.4 Å². The van der Waals surface area contributed by atoms with Crippen LogP contribution in [0.3, 0.4) is 0 Å². The van der Waals surface area contributed by atoms with Gasteiger partial charge in [0.1, 0.15) is 11.4 Å². The quantitative estimate of drug-likeness (QED) is 0.669. The summed E-state index contributed by atoms with van der Waals surface area (Å²) in [7, 11) is 1.62. The molecule has 0 atom stereocenters. The summed E-state index contributed by atoms with van der Waals surface area (Å²) >= 11 is 0. The Morgan fingerprint density at radius 2 is 1.70 bits per heavy atom. The number of benzene rings is 2.